The van der Waals surface area contributed by atoms with Gasteiger partial charge in [-0.15, -0.1) is 0 Å². The number of hydrogen-bond donors (Lipinski definition) is 1. The summed E-state index contributed by atoms with van der Waals surface area (Å²) in [5.41, 5.74) is 4.08. The number of hydrogen-bond acceptors (Lipinski definition) is 3. The maximum Gasteiger partial charge on any atom is 0.253 e. The van der Waals surface area contributed by atoms with E-state index in [0.29, 0.717) is 18.2 Å². The lowest BCUT2D eigenvalue weighted by atomic mass is 10.1. The Morgan fingerprint density at radius 3 is 2.39 bits per heavy atom. The fraction of sp³-hybridized carbons (Fsp3) is 0.250. The van der Waals surface area contributed by atoms with E-state index in [0.717, 1.165) is 17.9 Å². The van der Waals surface area contributed by atoms with Gasteiger partial charge in [-0.05, 0) is 44.0 Å². The second-order valence-corrected chi connectivity index (χ2v) is 7.28. The molecule has 4 heteroatoms. The monoisotopic (exact) mass is 373 g/mol. The molecular weight excluding hydrogens is 346 g/mol. The van der Waals surface area contributed by atoms with Crippen LogP contribution in [0.3, 0.4) is 0 Å². The van der Waals surface area contributed by atoms with Crippen molar-refractivity contribution in [1.29, 1.82) is 0 Å². The lowest BCUT2D eigenvalue weighted by Gasteiger charge is -2.28. The molecule has 0 atom stereocenters. The number of nitrogens with one attached hydrogen (secondary N) is 1. The molecule has 0 radical (unpaired) electrons. The summed E-state index contributed by atoms with van der Waals surface area (Å²) >= 11 is 0. The van der Waals surface area contributed by atoms with Crippen molar-refractivity contribution in [2.24, 2.45) is 0 Å². The number of nitrogens with zero attached hydrogens (tertiary/aromatic N) is 2. The van der Waals surface area contributed by atoms with Gasteiger partial charge in [-0.3, -0.25) is 4.79 Å². The zero-order valence-electron chi connectivity index (χ0n) is 16.7. The Labute approximate surface area is 167 Å². The number of carbonyl (C=O) groups excluding carboxylic acids is 1. The largest absolute Gasteiger partial charge is 0.350 e. The molecular formula is C24H27N3O. The molecule has 0 saturated carbocycles. The summed E-state index contributed by atoms with van der Waals surface area (Å²) in [4.78, 5) is 19.2. The highest BCUT2D eigenvalue weighted by molar-refractivity contribution is 5.94. The first kappa shape index (κ1) is 19.6. The molecule has 0 aliphatic rings. The summed E-state index contributed by atoms with van der Waals surface area (Å²) in [6.07, 6.45) is 1.65. The van der Waals surface area contributed by atoms with E-state index in [2.05, 4.69) is 47.2 Å². The fourth-order valence-corrected chi connectivity index (χ4v) is 3.11. The Hall–Kier alpha value is -3.14. The molecule has 28 heavy (non-hydrogen) atoms. The average molecular weight is 374 g/mol. The van der Waals surface area contributed by atoms with Crippen molar-refractivity contribution in [3.05, 3.63) is 95.2 Å². The smallest absolute Gasteiger partial charge is 0.253 e. The number of benzene rings is 2. The van der Waals surface area contributed by atoms with E-state index in [1.807, 2.05) is 55.5 Å². The van der Waals surface area contributed by atoms with Gasteiger partial charge in [0.25, 0.3) is 5.91 Å². The van der Waals surface area contributed by atoms with E-state index in [9.17, 15) is 4.79 Å². The van der Waals surface area contributed by atoms with Gasteiger partial charge in [0.2, 0.25) is 0 Å². The fourth-order valence-electron chi connectivity index (χ4n) is 3.11. The second kappa shape index (κ2) is 9.18. The highest BCUT2D eigenvalue weighted by Gasteiger charge is 2.14. The lowest BCUT2D eigenvalue weighted by Crippen LogP contribution is -2.31. The molecule has 3 rings (SSSR count). The molecule has 144 valence electrons. The molecule has 0 spiro atoms. The van der Waals surface area contributed by atoms with Crippen LogP contribution in [0, 0.1) is 6.92 Å². The minimum absolute atomic E-state index is 0.111. The topological polar surface area (TPSA) is 45.2 Å². The minimum Gasteiger partial charge on any atom is -0.350 e. The van der Waals surface area contributed by atoms with Gasteiger partial charge in [-0.25, -0.2) is 4.98 Å². The van der Waals surface area contributed by atoms with Crippen LogP contribution in [-0.4, -0.2) is 16.9 Å². The molecule has 1 N–H and O–H groups in total. The molecule has 3 aromatic rings. The van der Waals surface area contributed by atoms with Crippen molar-refractivity contribution in [2.45, 2.75) is 39.9 Å². The molecule has 0 aliphatic carbocycles. The number of pyridine rings is 1. The highest BCUT2D eigenvalue weighted by atomic mass is 16.1. The van der Waals surface area contributed by atoms with Gasteiger partial charge in [0.15, 0.2) is 0 Å². The maximum absolute atomic E-state index is 12.4. The molecule has 0 unspecified atom stereocenters. The third-order valence-corrected chi connectivity index (χ3v) is 4.66. The van der Waals surface area contributed by atoms with E-state index in [1.54, 1.807) is 6.20 Å². The van der Waals surface area contributed by atoms with Gasteiger partial charge in [0.05, 0.1) is 5.56 Å². The number of rotatable bonds is 7. The number of aryl methyl sites for hydroxylation is 1. The van der Waals surface area contributed by atoms with E-state index < -0.39 is 0 Å². The molecule has 0 aliphatic heterocycles. The molecule has 0 bridgehead atoms. The van der Waals surface area contributed by atoms with E-state index in [1.165, 1.54) is 11.1 Å². The first-order valence-corrected chi connectivity index (χ1v) is 9.63. The van der Waals surface area contributed by atoms with Gasteiger partial charge in [0, 0.05) is 25.3 Å². The second-order valence-electron chi connectivity index (χ2n) is 7.28. The SMILES string of the molecule is Cc1cccc(CNC(=O)c2ccc(N(Cc3ccccc3)C(C)C)nc2)c1. The molecule has 2 aromatic carbocycles. The van der Waals surface area contributed by atoms with Crippen LogP contribution < -0.4 is 10.2 Å². The Balaban J connectivity index is 1.66. The summed E-state index contributed by atoms with van der Waals surface area (Å²) in [7, 11) is 0. The lowest BCUT2D eigenvalue weighted by molar-refractivity contribution is 0.0950. The predicted octanol–water partition coefficient (Wildman–Crippen LogP) is 4.74. The quantitative estimate of drug-likeness (QED) is 0.651. The third kappa shape index (κ3) is 5.19. The number of aromatic nitrogens is 1. The first-order chi connectivity index (χ1) is 13.5. The Morgan fingerprint density at radius 2 is 1.75 bits per heavy atom. The van der Waals surface area contributed by atoms with Crippen molar-refractivity contribution < 1.29 is 4.79 Å². The van der Waals surface area contributed by atoms with Crippen LogP contribution in [-0.2, 0) is 13.1 Å². The minimum atomic E-state index is -0.111. The van der Waals surface area contributed by atoms with Gasteiger partial charge < -0.3 is 10.2 Å². The van der Waals surface area contributed by atoms with Crippen molar-refractivity contribution in [1.82, 2.24) is 10.3 Å². The maximum atomic E-state index is 12.4. The van der Waals surface area contributed by atoms with Crippen LogP contribution in [0.25, 0.3) is 0 Å². The van der Waals surface area contributed by atoms with Crippen LogP contribution in [0.15, 0.2) is 72.9 Å². The summed E-state index contributed by atoms with van der Waals surface area (Å²) in [6, 6.07) is 22.5. The van der Waals surface area contributed by atoms with Gasteiger partial charge in [-0.1, -0.05) is 60.2 Å². The zero-order chi connectivity index (χ0) is 19.9. The van der Waals surface area contributed by atoms with Crippen LogP contribution in [0.1, 0.15) is 40.9 Å². The van der Waals surface area contributed by atoms with Crippen LogP contribution >= 0.6 is 0 Å². The standard InChI is InChI=1S/C24H27N3O/c1-18(2)27(17-20-9-5-4-6-10-20)23-13-12-22(16-25-23)24(28)26-15-21-11-7-8-19(3)14-21/h4-14,16,18H,15,17H2,1-3H3,(H,26,28). The summed E-state index contributed by atoms with van der Waals surface area (Å²) < 4.78 is 0. The number of anilines is 1. The van der Waals surface area contributed by atoms with E-state index in [4.69, 9.17) is 0 Å². The molecule has 0 saturated heterocycles. The van der Waals surface area contributed by atoms with E-state index in [-0.39, 0.29) is 5.91 Å². The Bertz CT molecular complexity index is 905. The molecule has 1 heterocycles. The molecule has 1 aromatic heterocycles. The highest BCUT2D eigenvalue weighted by Crippen LogP contribution is 2.18. The van der Waals surface area contributed by atoms with Gasteiger partial charge in [-0.2, -0.15) is 0 Å². The average Bonchev–Trinajstić information content (AvgIpc) is 2.71. The third-order valence-electron chi connectivity index (χ3n) is 4.66. The van der Waals surface area contributed by atoms with Gasteiger partial charge in [0.1, 0.15) is 5.82 Å². The van der Waals surface area contributed by atoms with Crippen molar-refractivity contribution in [2.75, 3.05) is 4.90 Å². The van der Waals surface area contributed by atoms with Crippen LogP contribution in [0.4, 0.5) is 5.82 Å². The molecule has 1 amide bonds. The summed E-state index contributed by atoms with van der Waals surface area (Å²) in [6.45, 7) is 7.63. The Morgan fingerprint density at radius 1 is 1.00 bits per heavy atom. The Kier molecular flexibility index (Phi) is 6.43. The van der Waals surface area contributed by atoms with Gasteiger partial charge >= 0.3 is 0 Å². The number of carbonyl (C=O) groups is 1. The normalized spacial score (nSPS) is 10.7. The van der Waals surface area contributed by atoms with Crippen molar-refractivity contribution in [3.8, 4) is 0 Å². The van der Waals surface area contributed by atoms with Crippen LogP contribution in [0.5, 0.6) is 0 Å². The predicted molar refractivity (Wildman–Crippen MR) is 114 cm³/mol. The summed E-state index contributed by atoms with van der Waals surface area (Å²) in [5.74, 6) is 0.758. The molecule has 0 fully saturated rings. The van der Waals surface area contributed by atoms with E-state index >= 15 is 0 Å². The van der Waals surface area contributed by atoms with Crippen molar-refractivity contribution >= 4 is 11.7 Å². The summed E-state index contributed by atoms with van der Waals surface area (Å²) in [5, 5.41) is 2.96. The zero-order valence-corrected chi connectivity index (χ0v) is 16.7. The molecule has 4 nitrogen and oxygen atoms in total. The number of amides is 1. The van der Waals surface area contributed by atoms with Crippen molar-refractivity contribution in [3.63, 3.8) is 0 Å². The van der Waals surface area contributed by atoms with Crippen LogP contribution in [0.2, 0.25) is 0 Å². The first-order valence-electron chi connectivity index (χ1n) is 9.63.